The molecular weight excluding hydrogens is 431 g/mol. The molecular formula is C19H15FN4O4S2. The molecule has 0 spiro atoms. The molecule has 0 aliphatic rings. The number of thiazole rings is 2. The van der Waals surface area contributed by atoms with Gasteiger partial charge in [0.05, 0.1) is 24.7 Å². The van der Waals surface area contributed by atoms with E-state index in [0.717, 1.165) is 22.7 Å². The first-order valence-electron chi connectivity index (χ1n) is 8.43. The number of halogens is 1. The molecule has 1 N–H and O–H groups in total. The predicted molar refractivity (Wildman–Crippen MR) is 112 cm³/mol. The van der Waals surface area contributed by atoms with Crippen LogP contribution in [0.15, 0.2) is 41.9 Å². The monoisotopic (exact) mass is 446 g/mol. The van der Waals surface area contributed by atoms with Crippen molar-refractivity contribution in [1.82, 2.24) is 9.97 Å². The number of ether oxygens (including phenoxy) is 1. The minimum absolute atomic E-state index is 0.0952. The number of methoxy groups -OCH3 is 1. The molecule has 0 unspecified atom stereocenters. The predicted octanol–water partition coefficient (Wildman–Crippen LogP) is 3.86. The molecule has 0 atom stereocenters. The van der Waals surface area contributed by atoms with Gasteiger partial charge in [0.2, 0.25) is 11.8 Å². The third-order valence-corrected chi connectivity index (χ3v) is 5.37. The Kier molecular flexibility index (Phi) is 6.65. The minimum Gasteiger partial charge on any atom is -0.465 e. The maximum Gasteiger partial charge on any atom is 0.349 e. The third kappa shape index (κ3) is 4.93. The number of carbonyl (C=O) groups is 3. The number of carbonyl (C=O) groups excluding carboxylic acids is 3. The lowest BCUT2D eigenvalue weighted by Crippen LogP contribution is -2.23. The van der Waals surface area contributed by atoms with E-state index in [1.165, 1.54) is 55.5 Å². The summed E-state index contributed by atoms with van der Waals surface area (Å²) in [4.78, 5) is 45.2. The number of aromatic nitrogens is 2. The fourth-order valence-electron chi connectivity index (χ4n) is 2.33. The Morgan fingerprint density at radius 1 is 1.27 bits per heavy atom. The largest absolute Gasteiger partial charge is 0.465 e. The molecule has 3 aromatic rings. The summed E-state index contributed by atoms with van der Waals surface area (Å²) in [5.74, 6) is -1.96. The van der Waals surface area contributed by atoms with Crippen molar-refractivity contribution in [2.45, 2.75) is 6.92 Å². The lowest BCUT2D eigenvalue weighted by atomic mass is 10.3. The highest BCUT2D eigenvalue weighted by Gasteiger charge is 2.20. The first-order chi connectivity index (χ1) is 14.4. The van der Waals surface area contributed by atoms with E-state index in [1.54, 1.807) is 11.4 Å². The van der Waals surface area contributed by atoms with Crippen LogP contribution in [0.4, 0.5) is 20.3 Å². The zero-order chi connectivity index (χ0) is 21.7. The molecule has 0 aliphatic heterocycles. The Morgan fingerprint density at radius 3 is 2.73 bits per heavy atom. The molecule has 0 aliphatic carbocycles. The average Bonchev–Trinajstić information content (AvgIpc) is 3.37. The molecule has 0 saturated carbocycles. The molecule has 2 aromatic heterocycles. The molecule has 0 fully saturated rings. The van der Waals surface area contributed by atoms with Crippen LogP contribution < -0.4 is 10.2 Å². The number of amides is 2. The average molecular weight is 446 g/mol. The number of rotatable bonds is 6. The minimum atomic E-state index is -0.547. The van der Waals surface area contributed by atoms with Gasteiger partial charge >= 0.3 is 5.97 Å². The fraction of sp³-hybridized carbons (Fsp3) is 0.105. The standard InChI is InChI=1S/C19H15FN4O4S2/c1-11(25)24(14-6-4-3-5-13(14)20)19-22-12(10-29-19)7-8-16(26)23-18-21-9-15(30-18)17(27)28-2/h3-10H,1-2H3,(H,21,23,26)/b8-7+. The van der Waals surface area contributed by atoms with E-state index in [-0.39, 0.29) is 20.8 Å². The lowest BCUT2D eigenvalue weighted by molar-refractivity contribution is -0.116. The summed E-state index contributed by atoms with van der Waals surface area (Å²) in [5.41, 5.74) is 0.514. The van der Waals surface area contributed by atoms with Gasteiger partial charge in [-0.15, -0.1) is 11.3 Å². The summed E-state index contributed by atoms with van der Waals surface area (Å²) < 4.78 is 18.7. The number of hydrogen-bond acceptors (Lipinski definition) is 8. The highest BCUT2D eigenvalue weighted by molar-refractivity contribution is 7.17. The van der Waals surface area contributed by atoms with Crippen LogP contribution in [0.25, 0.3) is 6.08 Å². The van der Waals surface area contributed by atoms with Crippen LogP contribution in [0.5, 0.6) is 0 Å². The highest BCUT2D eigenvalue weighted by Crippen LogP contribution is 2.31. The van der Waals surface area contributed by atoms with Gasteiger partial charge in [-0.25, -0.2) is 19.2 Å². The maximum atomic E-state index is 14.1. The van der Waals surface area contributed by atoms with Gasteiger partial charge in [0.15, 0.2) is 10.3 Å². The SMILES string of the molecule is COC(=O)c1cnc(NC(=O)/C=C/c2csc(N(C(C)=O)c3ccccc3F)n2)s1. The van der Waals surface area contributed by atoms with Crippen LogP contribution in [0.1, 0.15) is 22.3 Å². The number of nitrogens with one attached hydrogen (secondary N) is 1. The van der Waals surface area contributed by atoms with E-state index in [4.69, 9.17) is 0 Å². The third-order valence-electron chi connectivity index (χ3n) is 3.64. The molecule has 154 valence electrons. The molecule has 0 bridgehead atoms. The molecule has 3 rings (SSSR count). The number of anilines is 3. The molecule has 2 amide bonds. The molecule has 11 heteroatoms. The Labute approximate surface area is 178 Å². The summed E-state index contributed by atoms with van der Waals surface area (Å²) in [5, 5.41) is 4.68. The van der Waals surface area contributed by atoms with Crippen molar-refractivity contribution in [3.05, 3.63) is 58.3 Å². The van der Waals surface area contributed by atoms with Crippen molar-refractivity contribution in [2.24, 2.45) is 0 Å². The van der Waals surface area contributed by atoms with Gasteiger partial charge in [-0.3, -0.25) is 19.8 Å². The van der Waals surface area contributed by atoms with E-state index in [0.29, 0.717) is 5.69 Å². The van der Waals surface area contributed by atoms with Crippen LogP contribution >= 0.6 is 22.7 Å². The topological polar surface area (TPSA) is 101 Å². The number of benzene rings is 1. The Balaban J connectivity index is 1.71. The van der Waals surface area contributed by atoms with Crippen LogP contribution in [0, 0.1) is 5.82 Å². The normalized spacial score (nSPS) is 10.8. The molecule has 8 nitrogen and oxygen atoms in total. The Hall–Kier alpha value is -3.44. The summed E-state index contributed by atoms with van der Waals surface area (Å²) in [6.45, 7) is 1.31. The van der Waals surface area contributed by atoms with E-state index in [9.17, 15) is 18.8 Å². The van der Waals surface area contributed by atoms with Gasteiger partial charge in [-0.2, -0.15) is 0 Å². The summed E-state index contributed by atoms with van der Waals surface area (Å²) in [7, 11) is 1.25. The number of para-hydroxylation sites is 1. The maximum absolute atomic E-state index is 14.1. The molecule has 0 radical (unpaired) electrons. The molecule has 0 saturated heterocycles. The van der Waals surface area contributed by atoms with E-state index in [2.05, 4.69) is 20.0 Å². The van der Waals surface area contributed by atoms with Crippen molar-refractivity contribution >= 4 is 62.5 Å². The lowest BCUT2D eigenvalue weighted by Gasteiger charge is -2.18. The second kappa shape index (κ2) is 9.37. The Morgan fingerprint density at radius 2 is 2.03 bits per heavy atom. The van der Waals surface area contributed by atoms with E-state index >= 15 is 0 Å². The second-order valence-electron chi connectivity index (χ2n) is 5.70. The van der Waals surface area contributed by atoms with Crippen molar-refractivity contribution in [2.75, 3.05) is 17.3 Å². The number of esters is 1. The van der Waals surface area contributed by atoms with Crippen molar-refractivity contribution in [1.29, 1.82) is 0 Å². The van der Waals surface area contributed by atoms with Crippen LogP contribution in [0.3, 0.4) is 0 Å². The van der Waals surface area contributed by atoms with Gasteiger partial charge in [0, 0.05) is 18.4 Å². The fourth-order valence-corrected chi connectivity index (χ4v) is 3.92. The van der Waals surface area contributed by atoms with E-state index < -0.39 is 23.6 Å². The smallest absolute Gasteiger partial charge is 0.349 e. The molecule has 2 heterocycles. The van der Waals surface area contributed by atoms with Gasteiger partial charge in [-0.05, 0) is 18.2 Å². The van der Waals surface area contributed by atoms with Crippen molar-refractivity contribution in [3.63, 3.8) is 0 Å². The first-order valence-corrected chi connectivity index (χ1v) is 10.1. The second-order valence-corrected chi connectivity index (χ2v) is 7.57. The number of hydrogen-bond donors (Lipinski definition) is 1. The zero-order valence-corrected chi connectivity index (χ0v) is 17.4. The summed E-state index contributed by atoms with van der Waals surface area (Å²) in [6, 6.07) is 5.89. The first kappa shape index (κ1) is 21.3. The Bertz CT molecular complexity index is 1130. The van der Waals surface area contributed by atoms with Gasteiger partial charge < -0.3 is 4.74 Å². The van der Waals surface area contributed by atoms with Crippen LogP contribution in [0.2, 0.25) is 0 Å². The highest BCUT2D eigenvalue weighted by atomic mass is 32.1. The van der Waals surface area contributed by atoms with E-state index in [1.807, 2.05) is 0 Å². The van der Waals surface area contributed by atoms with Gasteiger partial charge in [-0.1, -0.05) is 23.5 Å². The van der Waals surface area contributed by atoms with Gasteiger partial charge in [0.1, 0.15) is 10.7 Å². The zero-order valence-electron chi connectivity index (χ0n) is 15.8. The summed E-state index contributed by atoms with van der Waals surface area (Å²) in [6.07, 6.45) is 3.99. The molecule has 30 heavy (non-hydrogen) atoms. The molecule has 1 aromatic carbocycles. The van der Waals surface area contributed by atoms with Crippen molar-refractivity contribution in [3.8, 4) is 0 Å². The van der Waals surface area contributed by atoms with Crippen molar-refractivity contribution < 1.29 is 23.5 Å². The quantitative estimate of drug-likeness (QED) is 0.456. The van der Waals surface area contributed by atoms with Crippen LogP contribution in [-0.2, 0) is 14.3 Å². The van der Waals surface area contributed by atoms with Gasteiger partial charge in [0.25, 0.3) is 0 Å². The summed E-state index contributed by atoms with van der Waals surface area (Å²) >= 11 is 2.12. The van der Waals surface area contributed by atoms with Crippen LogP contribution in [-0.4, -0.2) is 34.9 Å². The number of nitrogens with zero attached hydrogens (tertiary/aromatic N) is 3.